The molecule has 0 saturated carbocycles. The van der Waals surface area contributed by atoms with E-state index in [1.807, 2.05) is 146 Å². The molecule has 3 aliphatic rings. The Hall–Kier alpha value is -8.96. The second-order valence-corrected chi connectivity index (χ2v) is 17.0. The zero-order valence-corrected chi connectivity index (χ0v) is 37.4. The van der Waals surface area contributed by atoms with Crippen LogP contribution < -0.4 is 0 Å². The standard InChI is InChI=1S/C64H42O4/c1-67-63(65)55-25-13-23-49(43-15-5-3-6-16-43)59(55)45-33-27-41(28-34-45)31-37-47-39-57-58(62-53-21-11-9-19-51(53)61(57)52-20-10-12-22-54(52)62)40-48(47)38-32-42-29-35-46(36-30-42)60-50(44-17-7-4-8-18-44)24-14-26-56(60)64(66)68-2/h3-30,33-36,39-40,61-62H,1-2H3. The summed E-state index contributed by atoms with van der Waals surface area (Å²) < 4.78 is 10.5. The first-order valence-electron chi connectivity index (χ1n) is 22.6. The number of rotatable bonds is 6. The highest BCUT2D eigenvalue weighted by Gasteiger charge is 2.41. The number of ether oxygens (including phenoxy) is 2. The quantitative estimate of drug-likeness (QED) is 0.123. The minimum absolute atomic E-state index is 0.0825. The van der Waals surface area contributed by atoms with Crippen molar-refractivity contribution in [1.82, 2.24) is 0 Å². The fraction of sp³-hybridized carbons (Fsp3) is 0.0625. The largest absolute Gasteiger partial charge is 0.465 e. The Morgan fingerprint density at radius 1 is 0.353 bits per heavy atom. The molecule has 12 rings (SSSR count). The van der Waals surface area contributed by atoms with Crippen LogP contribution in [-0.4, -0.2) is 26.2 Å². The zero-order chi connectivity index (χ0) is 46.1. The lowest BCUT2D eigenvalue weighted by Crippen LogP contribution is -2.27. The third kappa shape index (κ3) is 7.45. The van der Waals surface area contributed by atoms with E-state index in [-0.39, 0.29) is 11.8 Å². The summed E-state index contributed by atoms with van der Waals surface area (Å²) in [4.78, 5) is 26.2. The summed E-state index contributed by atoms with van der Waals surface area (Å²) in [6, 6.07) is 69.9. The minimum Gasteiger partial charge on any atom is -0.465 e. The average Bonchev–Trinajstić information content (AvgIpc) is 3.41. The molecule has 4 nitrogen and oxygen atoms in total. The maximum atomic E-state index is 13.1. The van der Waals surface area contributed by atoms with E-state index in [1.165, 1.54) is 47.6 Å². The summed E-state index contributed by atoms with van der Waals surface area (Å²) in [5.41, 5.74) is 19.5. The van der Waals surface area contributed by atoms with Gasteiger partial charge in [0.1, 0.15) is 0 Å². The van der Waals surface area contributed by atoms with Crippen molar-refractivity contribution in [3.8, 4) is 68.2 Å². The van der Waals surface area contributed by atoms with E-state index in [2.05, 4.69) is 84.3 Å². The van der Waals surface area contributed by atoms with Gasteiger partial charge < -0.3 is 9.47 Å². The third-order valence-corrected chi connectivity index (χ3v) is 13.2. The lowest BCUT2D eigenvalue weighted by Gasteiger charge is -2.42. The van der Waals surface area contributed by atoms with E-state index in [1.54, 1.807) is 0 Å². The molecule has 0 atom stereocenters. The molecule has 0 heterocycles. The van der Waals surface area contributed by atoms with Gasteiger partial charge in [0.15, 0.2) is 0 Å². The monoisotopic (exact) mass is 874 g/mol. The van der Waals surface area contributed by atoms with Gasteiger partial charge in [0.05, 0.1) is 25.3 Å². The average molecular weight is 875 g/mol. The molecular weight excluding hydrogens is 833 g/mol. The van der Waals surface area contributed by atoms with E-state index in [0.717, 1.165) is 66.8 Å². The van der Waals surface area contributed by atoms with Crippen LogP contribution in [0, 0.1) is 23.7 Å². The van der Waals surface area contributed by atoms with Crippen LogP contribution in [0.1, 0.15) is 88.2 Å². The van der Waals surface area contributed by atoms with Crippen molar-refractivity contribution in [2.75, 3.05) is 14.2 Å². The summed E-state index contributed by atoms with van der Waals surface area (Å²) in [7, 11) is 2.82. The van der Waals surface area contributed by atoms with Crippen LogP contribution in [0.5, 0.6) is 0 Å². The van der Waals surface area contributed by atoms with Crippen molar-refractivity contribution in [3.63, 3.8) is 0 Å². The molecule has 322 valence electrons. The summed E-state index contributed by atoms with van der Waals surface area (Å²) in [6.07, 6.45) is 0. The van der Waals surface area contributed by atoms with Gasteiger partial charge in [-0.3, -0.25) is 0 Å². The van der Waals surface area contributed by atoms with Gasteiger partial charge in [0, 0.05) is 45.2 Å². The van der Waals surface area contributed by atoms with Crippen molar-refractivity contribution < 1.29 is 19.1 Å². The summed E-state index contributed by atoms with van der Waals surface area (Å²) in [5.74, 6) is 13.5. The molecule has 9 aromatic carbocycles. The highest BCUT2D eigenvalue weighted by atomic mass is 16.5. The van der Waals surface area contributed by atoms with Gasteiger partial charge in [-0.15, -0.1) is 0 Å². The predicted octanol–water partition coefficient (Wildman–Crippen LogP) is 13.7. The first-order chi connectivity index (χ1) is 33.5. The summed E-state index contributed by atoms with van der Waals surface area (Å²) >= 11 is 0. The van der Waals surface area contributed by atoms with Crippen LogP contribution in [0.2, 0.25) is 0 Å². The van der Waals surface area contributed by atoms with Gasteiger partial charge in [-0.2, -0.15) is 0 Å². The maximum absolute atomic E-state index is 13.1. The molecule has 0 aliphatic heterocycles. The molecule has 0 radical (unpaired) electrons. The lowest BCUT2D eigenvalue weighted by atomic mass is 9.60. The fourth-order valence-corrected chi connectivity index (χ4v) is 10.1. The molecule has 0 N–H and O–H groups in total. The Morgan fingerprint density at radius 2 is 0.706 bits per heavy atom. The van der Waals surface area contributed by atoms with E-state index in [0.29, 0.717) is 11.1 Å². The second-order valence-electron chi connectivity index (χ2n) is 17.0. The molecule has 0 unspecified atom stereocenters. The summed E-state index contributed by atoms with van der Waals surface area (Å²) in [6.45, 7) is 0. The number of carbonyl (C=O) groups excluding carboxylic acids is 2. The van der Waals surface area contributed by atoms with Crippen molar-refractivity contribution in [2.45, 2.75) is 11.8 Å². The molecule has 2 bridgehead atoms. The van der Waals surface area contributed by atoms with Crippen molar-refractivity contribution in [3.05, 3.63) is 273 Å². The van der Waals surface area contributed by atoms with Crippen molar-refractivity contribution >= 4 is 11.9 Å². The zero-order valence-electron chi connectivity index (χ0n) is 37.4. The van der Waals surface area contributed by atoms with Crippen LogP contribution >= 0.6 is 0 Å². The molecule has 0 saturated heterocycles. The van der Waals surface area contributed by atoms with E-state index < -0.39 is 11.9 Å². The van der Waals surface area contributed by atoms with Crippen LogP contribution in [0.15, 0.2) is 206 Å². The first kappa shape index (κ1) is 41.7. The topological polar surface area (TPSA) is 52.6 Å². The van der Waals surface area contributed by atoms with Gasteiger partial charge in [0.2, 0.25) is 0 Å². The molecule has 68 heavy (non-hydrogen) atoms. The van der Waals surface area contributed by atoms with Crippen LogP contribution in [-0.2, 0) is 9.47 Å². The second kappa shape index (κ2) is 17.8. The highest BCUT2D eigenvalue weighted by molar-refractivity contribution is 6.03. The number of esters is 2. The molecule has 0 amide bonds. The minimum atomic E-state index is -0.390. The number of carbonyl (C=O) groups is 2. The van der Waals surface area contributed by atoms with Gasteiger partial charge >= 0.3 is 11.9 Å². The number of hydrogen-bond donors (Lipinski definition) is 0. The van der Waals surface area contributed by atoms with Crippen molar-refractivity contribution in [2.24, 2.45) is 0 Å². The lowest BCUT2D eigenvalue weighted by molar-refractivity contribution is 0.0592. The molecule has 3 aliphatic carbocycles. The Kier molecular flexibility index (Phi) is 10.9. The molecule has 4 heteroatoms. The third-order valence-electron chi connectivity index (χ3n) is 13.2. The predicted molar refractivity (Wildman–Crippen MR) is 270 cm³/mol. The van der Waals surface area contributed by atoms with E-state index >= 15 is 0 Å². The molecule has 0 aromatic heterocycles. The molecular formula is C64H42O4. The number of benzene rings is 9. The normalized spacial score (nSPS) is 13.6. The highest BCUT2D eigenvalue weighted by Crippen LogP contribution is 2.56. The Balaban J connectivity index is 1.00. The van der Waals surface area contributed by atoms with Crippen molar-refractivity contribution in [1.29, 1.82) is 0 Å². The fourth-order valence-electron chi connectivity index (χ4n) is 10.1. The molecule has 9 aromatic rings. The van der Waals surface area contributed by atoms with Gasteiger partial charge in [-0.25, -0.2) is 9.59 Å². The Labute approximate surface area is 396 Å². The Morgan fingerprint density at radius 3 is 1.06 bits per heavy atom. The Bertz CT molecular complexity index is 3280. The van der Waals surface area contributed by atoms with E-state index in [4.69, 9.17) is 9.47 Å². The molecule has 0 spiro atoms. The molecule has 0 fully saturated rings. The maximum Gasteiger partial charge on any atom is 0.338 e. The SMILES string of the molecule is COC(=O)c1cccc(-c2ccccc2)c1-c1ccc(C#Cc2cc3c(cc2C#Cc2ccc(-c4c(C(=O)OC)cccc4-c4ccccc4)cc2)C2c4ccccc4C3c3ccccc32)cc1. The number of methoxy groups -OCH3 is 2. The van der Waals surface area contributed by atoms with Gasteiger partial charge in [-0.1, -0.05) is 181 Å². The van der Waals surface area contributed by atoms with Gasteiger partial charge in [-0.05, 0) is 115 Å². The smallest absolute Gasteiger partial charge is 0.338 e. The van der Waals surface area contributed by atoms with Crippen LogP contribution in [0.4, 0.5) is 0 Å². The van der Waals surface area contributed by atoms with Crippen LogP contribution in [0.3, 0.4) is 0 Å². The summed E-state index contributed by atoms with van der Waals surface area (Å²) in [5, 5.41) is 0. The first-order valence-corrected chi connectivity index (χ1v) is 22.6. The van der Waals surface area contributed by atoms with Crippen LogP contribution in [0.25, 0.3) is 44.5 Å². The van der Waals surface area contributed by atoms with Gasteiger partial charge in [0.25, 0.3) is 0 Å². The van der Waals surface area contributed by atoms with E-state index in [9.17, 15) is 9.59 Å². The number of hydrogen-bond acceptors (Lipinski definition) is 4.